The minimum atomic E-state index is -0.426. The molecular formula is C22H28FN3O3. The number of amides is 2. The molecule has 156 valence electrons. The third-order valence-corrected chi connectivity index (χ3v) is 6.71. The summed E-state index contributed by atoms with van der Waals surface area (Å²) in [5.41, 5.74) is 2.15. The Labute approximate surface area is 170 Å². The minimum absolute atomic E-state index is 0.0213. The number of ether oxygens (including phenoxy) is 1. The number of carbonyl (C=O) groups excluding carboxylic acids is 2. The number of hydrogen-bond donors (Lipinski definition) is 1. The number of rotatable bonds is 3. The minimum Gasteiger partial charge on any atom is -0.380 e. The largest absolute Gasteiger partial charge is 0.380 e. The van der Waals surface area contributed by atoms with Crippen LogP contribution in [0.5, 0.6) is 0 Å². The Morgan fingerprint density at radius 2 is 2.07 bits per heavy atom. The van der Waals surface area contributed by atoms with Crippen LogP contribution in [-0.2, 0) is 20.7 Å². The summed E-state index contributed by atoms with van der Waals surface area (Å²) in [6, 6.07) is 4.60. The molecule has 7 heteroatoms. The molecule has 4 rings (SSSR count). The Bertz CT molecular complexity index is 946. The SMILES string of the molecule is COC1CN(C)C(=O)C2(CCN(C(=O)Cc3c(C)[nH]c4ccc(F)cc34)CC2)C1. The van der Waals surface area contributed by atoms with Crippen LogP contribution < -0.4 is 0 Å². The molecule has 2 aliphatic heterocycles. The number of likely N-dealkylation sites (tertiary alicyclic amines) is 2. The van der Waals surface area contributed by atoms with Crippen molar-refractivity contribution in [2.24, 2.45) is 5.41 Å². The number of halogens is 1. The first-order valence-corrected chi connectivity index (χ1v) is 10.2. The zero-order chi connectivity index (χ0) is 20.8. The van der Waals surface area contributed by atoms with E-state index in [1.807, 2.05) is 18.9 Å². The highest BCUT2D eigenvalue weighted by molar-refractivity contribution is 5.90. The number of nitrogens with zero attached hydrogens (tertiary/aromatic N) is 2. The average Bonchev–Trinajstić information content (AvgIpc) is 3.01. The third kappa shape index (κ3) is 3.52. The van der Waals surface area contributed by atoms with E-state index in [9.17, 15) is 14.0 Å². The molecule has 2 aromatic rings. The standard InChI is InChI=1S/C22H28FN3O3/c1-14-17(18-10-15(23)4-5-19(18)24-14)11-20(27)26-8-6-22(7-9-26)12-16(29-3)13-25(2)21(22)28/h4-5,10,16,24H,6-9,11-13H2,1-3H3. The zero-order valence-electron chi connectivity index (χ0n) is 17.3. The van der Waals surface area contributed by atoms with Gasteiger partial charge in [-0.05, 0) is 49.9 Å². The lowest BCUT2D eigenvalue weighted by molar-refractivity contribution is -0.158. The molecule has 1 aromatic heterocycles. The molecule has 2 fully saturated rings. The number of hydrogen-bond acceptors (Lipinski definition) is 3. The van der Waals surface area contributed by atoms with Crippen molar-refractivity contribution < 1.29 is 18.7 Å². The molecule has 0 aliphatic carbocycles. The average molecular weight is 401 g/mol. The van der Waals surface area contributed by atoms with E-state index in [1.54, 1.807) is 18.1 Å². The summed E-state index contributed by atoms with van der Waals surface area (Å²) in [5, 5.41) is 0.761. The second kappa shape index (κ2) is 7.44. The summed E-state index contributed by atoms with van der Waals surface area (Å²) in [4.78, 5) is 32.7. The van der Waals surface area contributed by atoms with Crippen LogP contribution in [0.4, 0.5) is 4.39 Å². The van der Waals surface area contributed by atoms with Gasteiger partial charge >= 0.3 is 0 Å². The quantitative estimate of drug-likeness (QED) is 0.860. The van der Waals surface area contributed by atoms with E-state index in [1.165, 1.54) is 12.1 Å². The fraction of sp³-hybridized carbons (Fsp3) is 0.545. The van der Waals surface area contributed by atoms with Gasteiger partial charge in [-0.3, -0.25) is 9.59 Å². The van der Waals surface area contributed by atoms with Crippen molar-refractivity contribution >= 4 is 22.7 Å². The molecule has 1 unspecified atom stereocenters. The molecule has 6 nitrogen and oxygen atoms in total. The van der Waals surface area contributed by atoms with Gasteiger partial charge in [0.15, 0.2) is 0 Å². The van der Waals surface area contributed by atoms with Crippen molar-refractivity contribution in [3.05, 3.63) is 35.3 Å². The summed E-state index contributed by atoms with van der Waals surface area (Å²) in [5.74, 6) is -0.119. The Hall–Kier alpha value is -2.41. The number of benzene rings is 1. The van der Waals surface area contributed by atoms with Crippen molar-refractivity contribution in [1.29, 1.82) is 0 Å². The van der Waals surface area contributed by atoms with E-state index in [0.29, 0.717) is 32.5 Å². The van der Waals surface area contributed by atoms with E-state index in [-0.39, 0.29) is 30.2 Å². The Balaban J connectivity index is 1.47. The highest BCUT2D eigenvalue weighted by Crippen LogP contribution is 2.41. The fourth-order valence-corrected chi connectivity index (χ4v) is 4.99. The molecule has 0 bridgehead atoms. The molecular weight excluding hydrogens is 373 g/mol. The van der Waals surface area contributed by atoms with Crippen LogP contribution >= 0.6 is 0 Å². The number of aromatic nitrogens is 1. The van der Waals surface area contributed by atoms with Crippen molar-refractivity contribution in [3.8, 4) is 0 Å². The van der Waals surface area contributed by atoms with Gasteiger partial charge in [0.1, 0.15) is 5.82 Å². The Kier molecular flexibility index (Phi) is 5.11. The molecule has 29 heavy (non-hydrogen) atoms. The lowest BCUT2D eigenvalue weighted by Crippen LogP contribution is -2.57. The van der Waals surface area contributed by atoms with Gasteiger partial charge in [0.25, 0.3) is 0 Å². The van der Waals surface area contributed by atoms with Gasteiger partial charge in [-0.15, -0.1) is 0 Å². The first kappa shape index (κ1) is 19.9. The van der Waals surface area contributed by atoms with Crippen LogP contribution in [0.1, 0.15) is 30.5 Å². The molecule has 1 aromatic carbocycles. The number of H-pyrrole nitrogens is 1. The predicted molar refractivity (Wildman–Crippen MR) is 108 cm³/mol. The highest BCUT2D eigenvalue weighted by atomic mass is 19.1. The second-order valence-electron chi connectivity index (χ2n) is 8.50. The van der Waals surface area contributed by atoms with Crippen LogP contribution in [0.2, 0.25) is 0 Å². The number of piperidine rings is 2. The molecule has 1 spiro atoms. The van der Waals surface area contributed by atoms with Crippen molar-refractivity contribution in [2.45, 2.75) is 38.7 Å². The molecule has 2 aliphatic rings. The zero-order valence-corrected chi connectivity index (χ0v) is 17.3. The van der Waals surface area contributed by atoms with Gasteiger partial charge in [-0.2, -0.15) is 0 Å². The third-order valence-electron chi connectivity index (χ3n) is 6.71. The van der Waals surface area contributed by atoms with Gasteiger partial charge in [0.05, 0.1) is 17.9 Å². The van der Waals surface area contributed by atoms with E-state index in [0.717, 1.165) is 28.6 Å². The second-order valence-corrected chi connectivity index (χ2v) is 8.50. The topological polar surface area (TPSA) is 65.6 Å². The van der Waals surface area contributed by atoms with Crippen molar-refractivity contribution in [3.63, 3.8) is 0 Å². The first-order chi connectivity index (χ1) is 13.8. The lowest BCUT2D eigenvalue weighted by atomic mass is 9.71. The fourth-order valence-electron chi connectivity index (χ4n) is 4.99. The number of likely N-dealkylation sites (N-methyl/N-ethyl adjacent to an activating group) is 1. The van der Waals surface area contributed by atoms with E-state index >= 15 is 0 Å². The molecule has 1 N–H and O–H groups in total. The van der Waals surface area contributed by atoms with Crippen LogP contribution in [-0.4, -0.2) is 66.5 Å². The molecule has 2 amide bonds. The smallest absolute Gasteiger partial charge is 0.228 e. The van der Waals surface area contributed by atoms with Crippen molar-refractivity contribution in [2.75, 3.05) is 33.8 Å². The molecule has 0 saturated carbocycles. The lowest BCUT2D eigenvalue weighted by Gasteiger charge is -2.47. The maximum atomic E-state index is 13.7. The Morgan fingerprint density at radius 3 is 2.76 bits per heavy atom. The maximum Gasteiger partial charge on any atom is 0.228 e. The van der Waals surface area contributed by atoms with Crippen LogP contribution in [0, 0.1) is 18.2 Å². The number of methoxy groups -OCH3 is 1. The first-order valence-electron chi connectivity index (χ1n) is 10.2. The maximum absolute atomic E-state index is 13.7. The van der Waals surface area contributed by atoms with Crippen LogP contribution in [0.15, 0.2) is 18.2 Å². The van der Waals surface area contributed by atoms with Gasteiger partial charge in [0.2, 0.25) is 11.8 Å². The summed E-state index contributed by atoms with van der Waals surface area (Å²) < 4.78 is 19.2. The Morgan fingerprint density at radius 1 is 1.34 bits per heavy atom. The van der Waals surface area contributed by atoms with Crippen LogP contribution in [0.3, 0.4) is 0 Å². The van der Waals surface area contributed by atoms with Gasteiger partial charge < -0.3 is 19.5 Å². The summed E-state index contributed by atoms with van der Waals surface area (Å²) in [6.07, 6.45) is 2.31. The monoisotopic (exact) mass is 401 g/mol. The van der Waals surface area contributed by atoms with E-state index in [4.69, 9.17) is 4.74 Å². The van der Waals surface area contributed by atoms with Gasteiger partial charge in [0, 0.05) is 50.4 Å². The van der Waals surface area contributed by atoms with Gasteiger partial charge in [-0.25, -0.2) is 4.39 Å². The molecule has 2 saturated heterocycles. The summed E-state index contributed by atoms with van der Waals surface area (Å²) in [6.45, 7) is 3.65. The number of aryl methyl sites for hydroxylation is 1. The number of fused-ring (bicyclic) bond motifs is 1. The predicted octanol–water partition coefficient (Wildman–Crippen LogP) is 2.64. The van der Waals surface area contributed by atoms with Crippen LogP contribution in [0.25, 0.3) is 10.9 Å². The van der Waals surface area contributed by atoms with Crippen molar-refractivity contribution in [1.82, 2.24) is 14.8 Å². The number of carbonyl (C=O) groups is 2. The molecule has 0 radical (unpaired) electrons. The van der Waals surface area contributed by atoms with Gasteiger partial charge in [-0.1, -0.05) is 0 Å². The normalized spacial score (nSPS) is 21.9. The van der Waals surface area contributed by atoms with E-state index in [2.05, 4.69) is 4.98 Å². The summed E-state index contributed by atoms with van der Waals surface area (Å²) in [7, 11) is 3.51. The summed E-state index contributed by atoms with van der Waals surface area (Å²) >= 11 is 0. The highest BCUT2D eigenvalue weighted by Gasteiger charge is 2.48. The number of nitrogens with one attached hydrogen (secondary N) is 1. The van der Waals surface area contributed by atoms with E-state index < -0.39 is 5.41 Å². The molecule has 1 atom stereocenters. The number of aromatic amines is 1. The molecule has 3 heterocycles.